The van der Waals surface area contributed by atoms with Gasteiger partial charge in [0, 0.05) is 5.02 Å². The molecule has 0 spiro atoms. The molecule has 0 fully saturated rings. The topological polar surface area (TPSA) is 0 Å². The van der Waals surface area contributed by atoms with Crippen molar-refractivity contribution >= 4 is 27.5 Å². The predicted molar refractivity (Wildman–Crippen MR) is 78.1 cm³/mol. The van der Waals surface area contributed by atoms with E-state index in [4.69, 9.17) is 11.6 Å². The van der Waals surface area contributed by atoms with Gasteiger partial charge in [0.05, 0.1) is 4.83 Å². The second-order valence-corrected chi connectivity index (χ2v) is 5.55. The minimum atomic E-state index is 0.149. The van der Waals surface area contributed by atoms with Crippen LogP contribution >= 0.6 is 27.5 Å². The summed E-state index contributed by atoms with van der Waals surface area (Å²) < 4.78 is 0. The summed E-state index contributed by atoms with van der Waals surface area (Å²) >= 11 is 9.93. The van der Waals surface area contributed by atoms with Gasteiger partial charge in [-0.3, -0.25) is 0 Å². The second-order valence-electron chi connectivity index (χ2n) is 4.23. The average Bonchev–Trinajstić information content (AvgIpc) is 2.32. The summed E-state index contributed by atoms with van der Waals surface area (Å²) in [6, 6.07) is 14.4. The summed E-state index contributed by atoms with van der Waals surface area (Å²) in [5.41, 5.74) is 4.96. The fourth-order valence-electron chi connectivity index (χ4n) is 1.78. The molecule has 17 heavy (non-hydrogen) atoms. The van der Waals surface area contributed by atoms with E-state index >= 15 is 0 Å². The largest absolute Gasteiger partial charge is 0.0840 e. The zero-order chi connectivity index (χ0) is 12.4. The van der Waals surface area contributed by atoms with E-state index in [1.54, 1.807) is 0 Å². The quantitative estimate of drug-likeness (QED) is 0.648. The SMILES string of the molecule is Cc1ccc(C(Br)c2ccccc2Cl)cc1C. The number of hydrogen-bond donors (Lipinski definition) is 0. The Labute approximate surface area is 116 Å². The Morgan fingerprint density at radius 3 is 2.35 bits per heavy atom. The van der Waals surface area contributed by atoms with Crippen molar-refractivity contribution in [2.75, 3.05) is 0 Å². The molecular formula is C15H14BrCl. The predicted octanol–water partition coefficient (Wildman–Crippen LogP) is 5.44. The van der Waals surface area contributed by atoms with Crippen LogP contribution in [-0.2, 0) is 0 Å². The molecule has 0 aliphatic carbocycles. The van der Waals surface area contributed by atoms with Gasteiger partial charge in [0.1, 0.15) is 0 Å². The molecule has 0 nitrogen and oxygen atoms in total. The first-order chi connectivity index (χ1) is 8.09. The number of rotatable bonds is 2. The zero-order valence-electron chi connectivity index (χ0n) is 9.87. The van der Waals surface area contributed by atoms with Gasteiger partial charge < -0.3 is 0 Å². The monoisotopic (exact) mass is 308 g/mol. The highest BCUT2D eigenvalue weighted by Gasteiger charge is 2.13. The molecule has 0 aliphatic rings. The lowest BCUT2D eigenvalue weighted by molar-refractivity contribution is 1.16. The van der Waals surface area contributed by atoms with Crippen LogP contribution in [-0.4, -0.2) is 0 Å². The molecule has 1 unspecified atom stereocenters. The van der Waals surface area contributed by atoms with E-state index in [2.05, 4.69) is 54.0 Å². The molecule has 0 saturated heterocycles. The van der Waals surface area contributed by atoms with Crippen molar-refractivity contribution in [3.8, 4) is 0 Å². The third kappa shape index (κ3) is 2.72. The first-order valence-corrected chi connectivity index (χ1v) is 6.84. The highest BCUT2D eigenvalue weighted by atomic mass is 79.9. The van der Waals surface area contributed by atoms with Gasteiger partial charge in [0.25, 0.3) is 0 Å². The van der Waals surface area contributed by atoms with Gasteiger partial charge >= 0.3 is 0 Å². The van der Waals surface area contributed by atoms with Crippen molar-refractivity contribution < 1.29 is 0 Å². The number of aryl methyl sites for hydroxylation is 2. The lowest BCUT2D eigenvalue weighted by Gasteiger charge is -2.14. The van der Waals surface area contributed by atoms with Crippen LogP contribution in [0.3, 0.4) is 0 Å². The molecule has 0 saturated carbocycles. The van der Waals surface area contributed by atoms with Crippen molar-refractivity contribution in [2.45, 2.75) is 18.7 Å². The van der Waals surface area contributed by atoms with Crippen LogP contribution in [0.5, 0.6) is 0 Å². The van der Waals surface area contributed by atoms with E-state index in [1.165, 1.54) is 16.7 Å². The highest BCUT2D eigenvalue weighted by Crippen LogP contribution is 2.35. The minimum Gasteiger partial charge on any atom is -0.0840 e. The third-order valence-electron chi connectivity index (χ3n) is 3.00. The molecule has 0 amide bonds. The summed E-state index contributed by atoms with van der Waals surface area (Å²) in [6.07, 6.45) is 0. The molecule has 0 aromatic heterocycles. The van der Waals surface area contributed by atoms with Crippen molar-refractivity contribution in [1.29, 1.82) is 0 Å². The van der Waals surface area contributed by atoms with Crippen molar-refractivity contribution in [3.05, 3.63) is 69.7 Å². The van der Waals surface area contributed by atoms with Gasteiger partial charge in [-0.15, -0.1) is 0 Å². The minimum absolute atomic E-state index is 0.149. The molecule has 2 rings (SSSR count). The van der Waals surface area contributed by atoms with Crippen molar-refractivity contribution in [3.63, 3.8) is 0 Å². The lowest BCUT2D eigenvalue weighted by atomic mass is 10.0. The molecule has 0 aliphatic heterocycles. The summed E-state index contributed by atoms with van der Waals surface area (Å²) in [7, 11) is 0. The average molecular weight is 310 g/mol. The van der Waals surface area contributed by atoms with Gasteiger partial charge in [0.2, 0.25) is 0 Å². The van der Waals surface area contributed by atoms with E-state index in [0.717, 1.165) is 10.6 Å². The van der Waals surface area contributed by atoms with Crippen LogP contribution in [0.15, 0.2) is 42.5 Å². The number of benzene rings is 2. The Kier molecular flexibility index (Phi) is 3.90. The summed E-state index contributed by atoms with van der Waals surface area (Å²) in [6.45, 7) is 4.25. The number of hydrogen-bond acceptors (Lipinski definition) is 0. The van der Waals surface area contributed by atoms with E-state index in [9.17, 15) is 0 Å². The van der Waals surface area contributed by atoms with Crippen LogP contribution in [0.25, 0.3) is 0 Å². The van der Waals surface area contributed by atoms with Crippen molar-refractivity contribution in [1.82, 2.24) is 0 Å². The van der Waals surface area contributed by atoms with Crippen LogP contribution in [0.2, 0.25) is 5.02 Å². The van der Waals surface area contributed by atoms with Crippen LogP contribution in [0, 0.1) is 13.8 Å². The molecule has 88 valence electrons. The number of halogens is 2. The summed E-state index contributed by atoms with van der Waals surface area (Å²) in [5, 5.41) is 0.799. The fourth-order valence-corrected chi connectivity index (χ4v) is 2.84. The summed E-state index contributed by atoms with van der Waals surface area (Å²) in [5.74, 6) is 0. The standard InChI is InChI=1S/C15H14BrCl/c1-10-7-8-12(9-11(10)2)15(16)13-5-3-4-6-14(13)17/h3-9,15H,1-2H3. The van der Waals surface area contributed by atoms with Gasteiger partial charge in [-0.2, -0.15) is 0 Å². The van der Waals surface area contributed by atoms with E-state index < -0.39 is 0 Å². The first kappa shape index (κ1) is 12.7. The molecule has 0 heterocycles. The van der Waals surface area contributed by atoms with Gasteiger partial charge in [0.15, 0.2) is 0 Å². The van der Waals surface area contributed by atoms with Gasteiger partial charge in [-0.25, -0.2) is 0 Å². The second kappa shape index (κ2) is 5.24. The molecule has 2 heteroatoms. The lowest BCUT2D eigenvalue weighted by Crippen LogP contribution is -1.95. The molecule has 0 bridgehead atoms. The van der Waals surface area contributed by atoms with E-state index in [-0.39, 0.29) is 4.83 Å². The van der Waals surface area contributed by atoms with Crippen molar-refractivity contribution in [2.24, 2.45) is 0 Å². The maximum absolute atomic E-state index is 6.21. The maximum Gasteiger partial charge on any atom is 0.0659 e. The highest BCUT2D eigenvalue weighted by molar-refractivity contribution is 9.09. The normalized spacial score (nSPS) is 12.5. The Morgan fingerprint density at radius 1 is 1.00 bits per heavy atom. The molecule has 1 atom stereocenters. The Morgan fingerprint density at radius 2 is 1.71 bits per heavy atom. The smallest absolute Gasteiger partial charge is 0.0659 e. The molecule has 2 aromatic carbocycles. The Balaban J connectivity index is 2.40. The molecule has 0 radical (unpaired) electrons. The van der Waals surface area contributed by atoms with Gasteiger partial charge in [-0.05, 0) is 42.2 Å². The Bertz CT molecular complexity index is 534. The molecule has 0 N–H and O–H groups in total. The van der Waals surface area contributed by atoms with Crippen LogP contribution in [0.1, 0.15) is 27.1 Å². The van der Waals surface area contributed by atoms with Crippen LogP contribution < -0.4 is 0 Å². The van der Waals surface area contributed by atoms with Gasteiger partial charge in [-0.1, -0.05) is 63.9 Å². The Hall–Kier alpha value is -0.790. The zero-order valence-corrected chi connectivity index (χ0v) is 12.2. The van der Waals surface area contributed by atoms with E-state index in [0.29, 0.717) is 0 Å². The number of alkyl halides is 1. The summed E-state index contributed by atoms with van der Waals surface area (Å²) in [4.78, 5) is 0.149. The molecular weight excluding hydrogens is 296 g/mol. The van der Waals surface area contributed by atoms with E-state index in [1.807, 2.05) is 18.2 Å². The fraction of sp³-hybridized carbons (Fsp3) is 0.200. The van der Waals surface area contributed by atoms with Crippen LogP contribution in [0.4, 0.5) is 0 Å². The first-order valence-electron chi connectivity index (χ1n) is 5.55. The maximum atomic E-state index is 6.21. The third-order valence-corrected chi connectivity index (χ3v) is 4.37. The molecule has 2 aromatic rings.